The van der Waals surface area contributed by atoms with Crippen molar-refractivity contribution in [1.82, 2.24) is 0 Å². The second-order valence-electron chi connectivity index (χ2n) is 4.01. The molecule has 0 fully saturated rings. The lowest BCUT2D eigenvalue weighted by molar-refractivity contribution is -0.384. The summed E-state index contributed by atoms with van der Waals surface area (Å²) in [6.07, 6.45) is -0.451. The van der Waals surface area contributed by atoms with E-state index in [9.17, 15) is 15.2 Å². The summed E-state index contributed by atoms with van der Waals surface area (Å²) in [5.74, 6) is 0. The van der Waals surface area contributed by atoms with Gasteiger partial charge in [0.25, 0.3) is 5.69 Å². The van der Waals surface area contributed by atoms with Gasteiger partial charge >= 0.3 is 0 Å². The molecule has 1 rings (SSSR count). The largest absolute Gasteiger partial charge is 0.389 e. The zero-order valence-corrected chi connectivity index (χ0v) is 10.3. The number of nitro groups is 1. The van der Waals surface area contributed by atoms with Crippen molar-refractivity contribution in [3.05, 3.63) is 33.9 Å². The van der Waals surface area contributed by atoms with Gasteiger partial charge in [0.1, 0.15) is 5.69 Å². The van der Waals surface area contributed by atoms with Crippen LogP contribution in [0, 0.1) is 21.4 Å². The van der Waals surface area contributed by atoms with Crippen molar-refractivity contribution in [2.24, 2.45) is 0 Å². The van der Waals surface area contributed by atoms with Crippen molar-refractivity contribution < 1.29 is 10.0 Å². The minimum Gasteiger partial charge on any atom is -0.389 e. The van der Waals surface area contributed by atoms with Crippen LogP contribution >= 0.6 is 0 Å². The summed E-state index contributed by atoms with van der Waals surface area (Å²) in [7, 11) is 1.70. The Kier molecular flexibility index (Phi) is 4.63. The molecule has 1 aromatic rings. The quantitative estimate of drug-likeness (QED) is 0.636. The third-order valence-electron chi connectivity index (χ3n) is 2.65. The summed E-state index contributed by atoms with van der Waals surface area (Å²) in [5, 5.41) is 28.9. The Morgan fingerprint density at radius 1 is 1.61 bits per heavy atom. The molecule has 0 amide bonds. The number of nitro benzene ring substituents is 1. The number of nitrogens with zero attached hydrogens (tertiary/aromatic N) is 3. The molecule has 0 radical (unpaired) electrons. The van der Waals surface area contributed by atoms with Crippen molar-refractivity contribution in [3.63, 3.8) is 0 Å². The number of anilines is 1. The van der Waals surface area contributed by atoms with Crippen molar-refractivity contribution in [2.45, 2.75) is 19.4 Å². The average Bonchev–Trinajstić information content (AvgIpc) is 2.34. The van der Waals surface area contributed by atoms with E-state index in [1.54, 1.807) is 31.0 Å². The first-order valence-electron chi connectivity index (χ1n) is 5.52. The fourth-order valence-electron chi connectivity index (χ4n) is 1.61. The molecule has 18 heavy (non-hydrogen) atoms. The lowest BCUT2D eigenvalue weighted by Gasteiger charge is -2.18. The number of hydrogen-bond donors (Lipinski definition) is 1. The molecule has 0 spiro atoms. The van der Waals surface area contributed by atoms with Crippen LogP contribution in [0.1, 0.15) is 25.0 Å². The Bertz CT molecular complexity index is 480. The first-order chi connectivity index (χ1) is 8.47. The summed E-state index contributed by atoms with van der Waals surface area (Å²) >= 11 is 0. The van der Waals surface area contributed by atoms with Crippen LogP contribution in [0.4, 0.5) is 11.4 Å². The second kappa shape index (κ2) is 5.98. The molecule has 0 saturated carbocycles. The van der Waals surface area contributed by atoms with Crippen LogP contribution in [0.15, 0.2) is 18.2 Å². The van der Waals surface area contributed by atoms with Crippen molar-refractivity contribution in [3.8, 4) is 6.07 Å². The molecule has 6 nitrogen and oxygen atoms in total. The molecule has 0 aliphatic heterocycles. The molecule has 96 valence electrons. The van der Waals surface area contributed by atoms with Crippen LogP contribution in [0.2, 0.25) is 0 Å². The van der Waals surface area contributed by atoms with E-state index in [0.29, 0.717) is 24.2 Å². The second-order valence-corrected chi connectivity index (χ2v) is 4.01. The van der Waals surface area contributed by atoms with Crippen LogP contribution in [0.25, 0.3) is 0 Å². The first kappa shape index (κ1) is 13.9. The molecule has 0 saturated heterocycles. The lowest BCUT2D eigenvalue weighted by atomic mass is 10.1. The molecule has 1 atom stereocenters. The van der Waals surface area contributed by atoms with Crippen LogP contribution in [0.5, 0.6) is 0 Å². The number of aliphatic hydroxyl groups excluding tert-OH is 1. The number of hydrogen-bond acceptors (Lipinski definition) is 5. The normalized spacial score (nSPS) is 11.7. The van der Waals surface area contributed by atoms with Crippen LogP contribution < -0.4 is 4.90 Å². The predicted octanol–water partition coefficient (Wildman–Crippen LogP) is 2.00. The SMILES string of the molecule is C[C@@H](O)c1ccc(N(C)CCC#N)c([N+](=O)[O-])c1. The van der Waals surface area contributed by atoms with Gasteiger partial charge in [-0.2, -0.15) is 5.26 Å². The molecule has 0 unspecified atom stereocenters. The smallest absolute Gasteiger partial charge is 0.292 e. The van der Waals surface area contributed by atoms with Gasteiger partial charge in [0.15, 0.2) is 0 Å². The Labute approximate surface area is 105 Å². The first-order valence-corrected chi connectivity index (χ1v) is 5.52. The van der Waals surface area contributed by atoms with Gasteiger partial charge in [0.05, 0.1) is 23.5 Å². The Balaban J connectivity index is 3.12. The monoisotopic (exact) mass is 249 g/mol. The predicted molar refractivity (Wildman–Crippen MR) is 67.2 cm³/mol. The zero-order valence-electron chi connectivity index (χ0n) is 10.3. The van der Waals surface area contributed by atoms with Gasteiger partial charge in [-0.3, -0.25) is 10.1 Å². The maximum absolute atomic E-state index is 11.0. The highest BCUT2D eigenvalue weighted by Gasteiger charge is 2.18. The zero-order chi connectivity index (χ0) is 13.7. The Morgan fingerprint density at radius 2 is 2.28 bits per heavy atom. The highest BCUT2D eigenvalue weighted by atomic mass is 16.6. The summed E-state index contributed by atoms with van der Waals surface area (Å²) < 4.78 is 0. The molecule has 0 aromatic heterocycles. The standard InChI is InChI=1S/C12H15N3O3/c1-9(16)10-4-5-11(12(8-10)15(17)18)14(2)7-3-6-13/h4-5,8-9,16H,3,7H2,1-2H3/t9-/m1/s1. The van der Waals surface area contributed by atoms with Crippen LogP contribution in [-0.2, 0) is 0 Å². The van der Waals surface area contributed by atoms with Gasteiger partial charge in [-0.1, -0.05) is 6.07 Å². The molecule has 1 aromatic carbocycles. The highest BCUT2D eigenvalue weighted by Crippen LogP contribution is 2.30. The van der Waals surface area contributed by atoms with Crippen molar-refractivity contribution >= 4 is 11.4 Å². The average molecular weight is 249 g/mol. The summed E-state index contributed by atoms with van der Waals surface area (Å²) in [6.45, 7) is 1.98. The topological polar surface area (TPSA) is 90.4 Å². The van der Waals surface area contributed by atoms with Gasteiger partial charge in [-0.15, -0.1) is 0 Å². The van der Waals surface area contributed by atoms with Crippen molar-refractivity contribution in [1.29, 1.82) is 5.26 Å². The van der Waals surface area contributed by atoms with E-state index in [4.69, 9.17) is 5.26 Å². The van der Waals surface area contributed by atoms with E-state index >= 15 is 0 Å². The van der Waals surface area contributed by atoms with Gasteiger partial charge in [-0.25, -0.2) is 0 Å². The van der Waals surface area contributed by atoms with Gasteiger partial charge in [-0.05, 0) is 18.6 Å². The Morgan fingerprint density at radius 3 is 2.78 bits per heavy atom. The van der Waals surface area contributed by atoms with E-state index in [-0.39, 0.29) is 5.69 Å². The van der Waals surface area contributed by atoms with Gasteiger partial charge < -0.3 is 10.0 Å². The minimum absolute atomic E-state index is 0.0613. The van der Waals surface area contributed by atoms with E-state index in [2.05, 4.69) is 0 Å². The fraction of sp³-hybridized carbons (Fsp3) is 0.417. The Hall–Kier alpha value is -2.13. The number of aliphatic hydroxyl groups is 1. The molecular formula is C12H15N3O3. The van der Waals surface area contributed by atoms with Crippen LogP contribution in [0.3, 0.4) is 0 Å². The molecule has 0 heterocycles. The molecule has 0 aliphatic carbocycles. The maximum Gasteiger partial charge on any atom is 0.292 e. The van der Waals surface area contributed by atoms with E-state index < -0.39 is 11.0 Å². The number of rotatable bonds is 5. The molecule has 0 aliphatic rings. The van der Waals surface area contributed by atoms with E-state index in [0.717, 1.165) is 0 Å². The fourth-order valence-corrected chi connectivity index (χ4v) is 1.61. The minimum atomic E-state index is -0.748. The summed E-state index contributed by atoms with van der Waals surface area (Å²) in [4.78, 5) is 12.2. The van der Waals surface area contributed by atoms with Crippen molar-refractivity contribution in [2.75, 3.05) is 18.5 Å². The van der Waals surface area contributed by atoms with Gasteiger partial charge in [0.2, 0.25) is 0 Å². The number of benzene rings is 1. The summed E-state index contributed by atoms with van der Waals surface area (Å²) in [6, 6.07) is 6.60. The molecule has 1 N–H and O–H groups in total. The third kappa shape index (κ3) is 3.18. The lowest BCUT2D eigenvalue weighted by Crippen LogP contribution is -2.19. The number of nitriles is 1. The molecule has 6 heteroatoms. The molecular weight excluding hydrogens is 234 g/mol. The summed E-state index contributed by atoms with van der Waals surface area (Å²) in [5.41, 5.74) is 0.882. The molecule has 0 bridgehead atoms. The third-order valence-corrected chi connectivity index (χ3v) is 2.65. The van der Waals surface area contributed by atoms with Gasteiger partial charge in [0, 0.05) is 19.7 Å². The van der Waals surface area contributed by atoms with E-state index in [1.807, 2.05) is 6.07 Å². The van der Waals surface area contributed by atoms with Crippen LogP contribution in [-0.4, -0.2) is 23.6 Å². The highest BCUT2D eigenvalue weighted by molar-refractivity contribution is 5.64. The maximum atomic E-state index is 11.0. The van der Waals surface area contributed by atoms with E-state index in [1.165, 1.54) is 6.07 Å².